The van der Waals surface area contributed by atoms with E-state index in [0.717, 1.165) is 37.1 Å². The zero-order valence-electron chi connectivity index (χ0n) is 20.1. The summed E-state index contributed by atoms with van der Waals surface area (Å²) in [5, 5.41) is 5.86. The van der Waals surface area contributed by atoms with Crippen LogP contribution in [0.2, 0.25) is 0 Å². The molecule has 1 amide bonds. The number of anilines is 3. The Hall–Kier alpha value is -3.82. The molecule has 1 atom stereocenters. The predicted molar refractivity (Wildman–Crippen MR) is 131 cm³/mol. The number of halogens is 3. The van der Waals surface area contributed by atoms with Gasteiger partial charge in [0.1, 0.15) is 11.6 Å². The number of hydrogen-bond donors (Lipinski definition) is 2. The molecule has 190 valence electrons. The smallest absolute Gasteiger partial charge is 0.416 e. The molecule has 1 aromatic heterocycles. The van der Waals surface area contributed by atoms with Crippen molar-refractivity contribution in [3.05, 3.63) is 71.4 Å². The summed E-state index contributed by atoms with van der Waals surface area (Å²) in [7, 11) is 1.31. The molecule has 2 heterocycles. The molecule has 4 rings (SSSR count). The Morgan fingerprint density at radius 2 is 1.94 bits per heavy atom. The number of rotatable bonds is 7. The van der Waals surface area contributed by atoms with E-state index < -0.39 is 11.7 Å². The number of nitrogens with one attached hydrogen (secondary N) is 2. The van der Waals surface area contributed by atoms with Crippen molar-refractivity contribution in [1.29, 1.82) is 0 Å². The monoisotopic (exact) mass is 499 g/mol. The minimum absolute atomic E-state index is 0.0104. The molecular weight excluding hydrogens is 471 g/mol. The van der Waals surface area contributed by atoms with E-state index >= 15 is 0 Å². The Morgan fingerprint density at radius 3 is 2.67 bits per heavy atom. The lowest BCUT2D eigenvalue weighted by Crippen LogP contribution is -2.43. The van der Waals surface area contributed by atoms with Crippen LogP contribution in [0, 0.1) is 12.8 Å². The minimum Gasteiger partial charge on any atom is -0.497 e. The van der Waals surface area contributed by atoms with E-state index in [4.69, 9.17) is 4.74 Å². The molecule has 10 heteroatoms. The SMILES string of the molecule is COc1cc(Nc2nccc(N3CCC[C@H](C(=O)NCc4ccc(C)cc4)C3)n2)cc(C(F)(F)F)c1. The van der Waals surface area contributed by atoms with Gasteiger partial charge in [0.15, 0.2) is 0 Å². The summed E-state index contributed by atoms with van der Waals surface area (Å²) >= 11 is 0. The fraction of sp³-hybridized carbons (Fsp3) is 0.346. The fourth-order valence-corrected chi connectivity index (χ4v) is 4.11. The Morgan fingerprint density at radius 1 is 1.17 bits per heavy atom. The third-order valence-corrected chi connectivity index (χ3v) is 6.07. The molecule has 36 heavy (non-hydrogen) atoms. The first kappa shape index (κ1) is 25.3. The number of piperidine rings is 1. The maximum absolute atomic E-state index is 13.2. The molecule has 0 spiro atoms. The lowest BCUT2D eigenvalue weighted by molar-refractivity contribution is -0.137. The average molecular weight is 500 g/mol. The molecular formula is C26H28F3N5O2. The molecule has 7 nitrogen and oxygen atoms in total. The van der Waals surface area contributed by atoms with Crippen LogP contribution in [-0.2, 0) is 17.5 Å². The highest BCUT2D eigenvalue weighted by Gasteiger charge is 2.31. The second kappa shape index (κ2) is 10.8. The highest BCUT2D eigenvalue weighted by atomic mass is 19.4. The van der Waals surface area contributed by atoms with Crippen LogP contribution in [0.4, 0.5) is 30.6 Å². The molecule has 1 aliphatic heterocycles. The van der Waals surface area contributed by atoms with Crippen LogP contribution in [0.15, 0.2) is 54.7 Å². The Balaban J connectivity index is 1.42. The number of nitrogens with zero attached hydrogens (tertiary/aromatic N) is 3. The molecule has 0 unspecified atom stereocenters. The second-order valence-electron chi connectivity index (χ2n) is 8.80. The van der Waals surface area contributed by atoms with Gasteiger partial charge in [0.2, 0.25) is 11.9 Å². The normalized spacial score (nSPS) is 15.9. The third kappa shape index (κ3) is 6.44. The number of hydrogen-bond acceptors (Lipinski definition) is 6. The quantitative estimate of drug-likeness (QED) is 0.472. The van der Waals surface area contributed by atoms with Gasteiger partial charge in [-0.05, 0) is 43.5 Å². The van der Waals surface area contributed by atoms with Crippen LogP contribution in [-0.4, -0.2) is 36.1 Å². The maximum atomic E-state index is 13.2. The van der Waals surface area contributed by atoms with Gasteiger partial charge in [-0.3, -0.25) is 4.79 Å². The number of ether oxygens (including phenoxy) is 1. The van der Waals surface area contributed by atoms with E-state index in [1.165, 1.54) is 24.9 Å². The van der Waals surface area contributed by atoms with Gasteiger partial charge in [-0.2, -0.15) is 18.2 Å². The van der Waals surface area contributed by atoms with Crippen molar-refractivity contribution in [2.24, 2.45) is 5.92 Å². The standard InChI is InChI=1S/C26H28F3N5O2/c1-17-5-7-18(8-6-17)15-31-24(35)19-4-3-11-34(16-19)23-9-10-30-25(33-23)32-21-12-20(26(27,28)29)13-22(14-21)36-2/h5-10,12-14,19H,3-4,11,15-16H2,1-2H3,(H,31,35)(H,30,32,33)/t19-/m0/s1. The number of amides is 1. The number of alkyl halides is 3. The van der Waals surface area contributed by atoms with E-state index in [0.29, 0.717) is 18.9 Å². The second-order valence-corrected chi connectivity index (χ2v) is 8.80. The van der Waals surface area contributed by atoms with Gasteiger partial charge < -0.3 is 20.3 Å². The van der Waals surface area contributed by atoms with E-state index in [9.17, 15) is 18.0 Å². The third-order valence-electron chi connectivity index (χ3n) is 6.07. The summed E-state index contributed by atoms with van der Waals surface area (Å²) in [6.07, 6.45) is -1.39. The number of aryl methyl sites for hydroxylation is 1. The summed E-state index contributed by atoms with van der Waals surface area (Å²) in [6, 6.07) is 13.1. The van der Waals surface area contributed by atoms with Crippen LogP contribution in [0.5, 0.6) is 5.75 Å². The van der Waals surface area contributed by atoms with Crippen molar-refractivity contribution in [3.8, 4) is 5.75 Å². The number of aromatic nitrogens is 2. The lowest BCUT2D eigenvalue weighted by atomic mass is 9.97. The van der Waals surface area contributed by atoms with E-state index in [1.807, 2.05) is 36.1 Å². The number of carbonyl (C=O) groups is 1. The topological polar surface area (TPSA) is 79.4 Å². The Labute approximate surface area is 207 Å². The first-order valence-corrected chi connectivity index (χ1v) is 11.7. The van der Waals surface area contributed by atoms with Crippen molar-refractivity contribution in [1.82, 2.24) is 15.3 Å². The lowest BCUT2D eigenvalue weighted by Gasteiger charge is -2.33. The van der Waals surface area contributed by atoms with E-state index in [2.05, 4.69) is 20.6 Å². The van der Waals surface area contributed by atoms with Gasteiger partial charge in [0.05, 0.1) is 18.6 Å². The van der Waals surface area contributed by atoms with Crippen molar-refractivity contribution < 1.29 is 22.7 Å². The first-order chi connectivity index (χ1) is 17.2. The fourth-order valence-electron chi connectivity index (χ4n) is 4.11. The molecule has 1 fully saturated rings. The molecule has 1 saturated heterocycles. The minimum atomic E-state index is -4.52. The van der Waals surface area contributed by atoms with Crippen LogP contribution >= 0.6 is 0 Å². The molecule has 2 aromatic carbocycles. The first-order valence-electron chi connectivity index (χ1n) is 11.7. The summed E-state index contributed by atoms with van der Waals surface area (Å²) in [6.45, 7) is 3.70. The number of benzene rings is 2. The van der Waals surface area contributed by atoms with Crippen molar-refractivity contribution in [2.75, 3.05) is 30.4 Å². The number of methoxy groups -OCH3 is 1. The van der Waals surface area contributed by atoms with Crippen molar-refractivity contribution in [3.63, 3.8) is 0 Å². The highest BCUT2D eigenvalue weighted by Crippen LogP contribution is 2.34. The zero-order valence-corrected chi connectivity index (χ0v) is 20.1. The summed E-state index contributed by atoms with van der Waals surface area (Å²) in [4.78, 5) is 23.4. The Kier molecular flexibility index (Phi) is 7.61. The molecule has 0 saturated carbocycles. The molecule has 0 radical (unpaired) electrons. The summed E-state index contributed by atoms with van der Waals surface area (Å²) < 4.78 is 44.7. The van der Waals surface area contributed by atoms with Crippen LogP contribution in [0.1, 0.15) is 29.5 Å². The Bertz CT molecular complexity index is 1200. The molecule has 1 aliphatic rings. The average Bonchev–Trinajstić information content (AvgIpc) is 2.87. The highest BCUT2D eigenvalue weighted by molar-refractivity contribution is 5.79. The van der Waals surface area contributed by atoms with Gasteiger partial charge in [-0.1, -0.05) is 29.8 Å². The zero-order chi connectivity index (χ0) is 25.7. The molecule has 0 aliphatic carbocycles. The van der Waals surface area contributed by atoms with Crippen LogP contribution in [0.25, 0.3) is 0 Å². The van der Waals surface area contributed by atoms with Gasteiger partial charge in [0, 0.05) is 37.6 Å². The molecule has 3 aromatic rings. The van der Waals surface area contributed by atoms with Crippen molar-refractivity contribution >= 4 is 23.4 Å². The predicted octanol–water partition coefficient (Wildman–Crippen LogP) is 5.09. The molecule has 2 N–H and O–H groups in total. The number of carbonyl (C=O) groups excluding carboxylic acids is 1. The summed E-state index contributed by atoms with van der Waals surface area (Å²) in [5.74, 6) is 0.619. The maximum Gasteiger partial charge on any atom is 0.416 e. The van der Waals surface area contributed by atoms with Gasteiger partial charge >= 0.3 is 6.18 Å². The van der Waals surface area contributed by atoms with Crippen LogP contribution in [0.3, 0.4) is 0 Å². The van der Waals surface area contributed by atoms with Gasteiger partial charge in [0.25, 0.3) is 0 Å². The summed E-state index contributed by atoms with van der Waals surface area (Å²) in [5.41, 5.74) is 1.53. The van der Waals surface area contributed by atoms with Gasteiger partial charge in [-0.25, -0.2) is 4.98 Å². The van der Waals surface area contributed by atoms with Crippen LogP contribution < -0.4 is 20.3 Å². The van der Waals surface area contributed by atoms with Crippen molar-refractivity contribution in [2.45, 2.75) is 32.5 Å². The van der Waals surface area contributed by atoms with E-state index in [-0.39, 0.29) is 29.2 Å². The van der Waals surface area contributed by atoms with Gasteiger partial charge in [-0.15, -0.1) is 0 Å². The largest absolute Gasteiger partial charge is 0.497 e. The van der Waals surface area contributed by atoms with E-state index in [1.54, 1.807) is 6.07 Å². The molecule has 0 bridgehead atoms.